The van der Waals surface area contributed by atoms with Crippen molar-refractivity contribution in [2.75, 3.05) is 19.6 Å². The summed E-state index contributed by atoms with van der Waals surface area (Å²) in [7, 11) is 0. The molecule has 4 unspecified atom stereocenters. The highest BCUT2D eigenvalue weighted by atomic mass is 16.3. The average molecular weight is 268 g/mol. The molecule has 0 aromatic heterocycles. The summed E-state index contributed by atoms with van der Waals surface area (Å²) in [5.41, 5.74) is 6.25. The molecular weight excluding hydrogens is 236 g/mol. The Labute approximate surface area is 118 Å². The first kappa shape index (κ1) is 15.3. The Morgan fingerprint density at radius 3 is 2.53 bits per heavy atom. The molecule has 0 radical (unpaired) electrons. The number of rotatable bonds is 2. The third kappa shape index (κ3) is 3.93. The predicted molar refractivity (Wildman–Crippen MR) is 79.9 cm³/mol. The van der Waals surface area contributed by atoms with Crippen LogP contribution in [0.1, 0.15) is 53.4 Å². The lowest BCUT2D eigenvalue weighted by Gasteiger charge is -2.42. The minimum atomic E-state index is -0.484. The van der Waals surface area contributed by atoms with Gasteiger partial charge in [-0.1, -0.05) is 20.8 Å². The normalized spacial score (nSPS) is 41.7. The van der Waals surface area contributed by atoms with Crippen LogP contribution in [0.15, 0.2) is 0 Å². The Balaban J connectivity index is 1.91. The van der Waals surface area contributed by atoms with E-state index in [-0.39, 0.29) is 0 Å². The summed E-state index contributed by atoms with van der Waals surface area (Å²) in [5, 5.41) is 10.1. The topological polar surface area (TPSA) is 49.5 Å². The number of nitrogens with zero attached hydrogens (tertiary/aromatic N) is 1. The first-order chi connectivity index (χ1) is 8.67. The van der Waals surface area contributed by atoms with Crippen LogP contribution in [-0.2, 0) is 0 Å². The van der Waals surface area contributed by atoms with E-state index in [1.807, 2.05) is 6.92 Å². The van der Waals surface area contributed by atoms with Gasteiger partial charge in [0.1, 0.15) is 0 Å². The molecule has 0 aromatic rings. The largest absolute Gasteiger partial charge is 0.389 e. The Hall–Kier alpha value is -0.120. The van der Waals surface area contributed by atoms with Gasteiger partial charge in [0.25, 0.3) is 0 Å². The molecule has 112 valence electrons. The van der Waals surface area contributed by atoms with Crippen LogP contribution in [0.3, 0.4) is 0 Å². The van der Waals surface area contributed by atoms with Crippen molar-refractivity contribution in [3.05, 3.63) is 0 Å². The molecule has 3 N–H and O–H groups in total. The van der Waals surface area contributed by atoms with Gasteiger partial charge in [0.05, 0.1) is 5.60 Å². The van der Waals surface area contributed by atoms with Gasteiger partial charge >= 0.3 is 0 Å². The highest BCUT2D eigenvalue weighted by Crippen LogP contribution is 2.40. The second kappa shape index (κ2) is 5.34. The van der Waals surface area contributed by atoms with Crippen LogP contribution in [0.25, 0.3) is 0 Å². The van der Waals surface area contributed by atoms with Gasteiger partial charge in [-0.2, -0.15) is 0 Å². The number of nitrogens with two attached hydrogens (primary N) is 1. The SMILES string of the molecule is CC1(O)CCN(CC2CC(C(C)(C)C)CCC2N)C1. The Kier molecular flexibility index (Phi) is 4.29. The van der Waals surface area contributed by atoms with E-state index in [0.717, 1.165) is 38.4 Å². The van der Waals surface area contributed by atoms with Crippen LogP contribution < -0.4 is 5.73 Å². The van der Waals surface area contributed by atoms with Gasteiger partial charge in [0.2, 0.25) is 0 Å². The van der Waals surface area contributed by atoms with Gasteiger partial charge in [0.15, 0.2) is 0 Å². The van der Waals surface area contributed by atoms with E-state index in [2.05, 4.69) is 25.7 Å². The maximum atomic E-state index is 10.1. The van der Waals surface area contributed by atoms with Crippen molar-refractivity contribution in [3.8, 4) is 0 Å². The van der Waals surface area contributed by atoms with Crippen molar-refractivity contribution in [2.24, 2.45) is 23.0 Å². The molecule has 19 heavy (non-hydrogen) atoms. The van der Waals surface area contributed by atoms with Crippen LogP contribution in [-0.4, -0.2) is 41.3 Å². The standard InChI is InChI=1S/C16H32N2O/c1-15(2,3)13-5-6-14(17)12(9-13)10-18-8-7-16(4,19)11-18/h12-14,19H,5-11,17H2,1-4H3. The van der Waals surface area contributed by atoms with Gasteiger partial charge in [-0.05, 0) is 49.9 Å². The second-order valence-corrected chi connectivity index (χ2v) is 8.28. The summed E-state index contributed by atoms with van der Waals surface area (Å²) < 4.78 is 0. The first-order valence-electron chi connectivity index (χ1n) is 7.88. The second-order valence-electron chi connectivity index (χ2n) is 8.28. The van der Waals surface area contributed by atoms with E-state index < -0.39 is 5.60 Å². The van der Waals surface area contributed by atoms with Gasteiger partial charge in [-0.25, -0.2) is 0 Å². The molecule has 0 amide bonds. The van der Waals surface area contributed by atoms with Gasteiger partial charge in [-0.15, -0.1) is 0 Å². The molecule has 0 aromatic carbocycles. The molecule has 1 heterocycles. The van der Waals surface area contributed by atoms with Crippen LogP contribution in [0.4, 0.5) is 0 Å². The monoisotopic (exact) mass is 268 g/mol. The van der Waals surface area contributed by atoms with Crippen LogP contribution in [0.5, 0.6) is 0 Å². The summed E-state index contributed by atoms with van der Waals surface area (Å²) >= 11 is 0. The third-order valence-electron chi connectivity index (χ3n) is 5.29. The minimum absolute atomic E-state index is 0.351. The number of likely N-dealkylation sites (tertiary alicyclic amines) is 1. The Bertz CT molecular complexity index is 308. The van der Waals surface area contributed by atoms with Crippen LogP contribution in [0, 0.1) is 17.3 Å². The van der Waals surface area contributed by atoms with Crippen LogP contribution in [0.2, 0.25) is 0 Å². The van der Waals surface area contributed by atoms with E-state index in [1.54, 1.807) is 0 Å². The number of aliphatic hydroxyl groups is 1. The van der Waals surface area contributed by atoms with E-state index in [9.17, 15) is 5.11 Å². The summed E-state index contributed by atoms with van der Waals surface area (Å²) in [6, 6.07) is 0.351. The van der Waals surface area contributed by atoms with Crippen molar-refractivity contribution in [2.45, 2.75) is 65.0 Å². The molecule has 2 fully saturated rings. The fourth-order valence-corrected chi connectivity index (χ4v) is 3.81. The summed E-state index contributed by atoms with van der Waals surface area (Å²) in [4.78, 5) is 2.41. The molecule has 3 nitrogen and oxygen atoms in total. The maximum absolute atomic E-state index is 10.1. The first-order valence-corrected chi connectivity index (χ1v) is 7.88. The van der Waals surface area contributed by atoms with Crippen molar-refractivity contribution >= 4 is 0 Å². The number of hydrogen-bond acceptors (Lipinski definition) is 3. The number of β-amino-alcohol motifs (C(OH)–C–C–N with tert-alkyl or cyclic N) is 1. The lowest BCUT2D eigenvalue weighted by Crippen LogP contribution is -2.45. The summed E-state index contributed by atoms with van der Waals surface area (Å²) in [6.45, 7) is 11.9. The maximum Gasteiger partial charge on any atom is 0.0758 e. The lowest BCUT2D eigenvalue weighted by molar-refractivity contribution is 0.0588. The molecule has 4 atom stereocenters. The van der Waals surface area contributed by atoms with E-state index in [4.69, 9.17) is 5.73 Å². The zero-order valence-corrected chi connectivity index (χ0v) is 13.2. The molecule has 1 saturated carbocycles. The van der Waals surface area contributed by atoms with Crippen molar-refractivity contribution in [1.29, 1.82) is 0 Å². The zero-order valence-electron chi connectivity index (χ0n) is 13.2. The zero-order chi connectivity index (χ0) is 14.3. The Morgan fingerprint density at radius 1 is 1.32 bits per heavy atom. The fourth-order valence-electron chi connectivity index (χ4n) is 3.81. The van der Waals surface area contributed by atoms with Crippen molar-refractivity contribution < 1.29 is 5.11 Å². The predicted octanol–water partition coefficient (Wildman–Crippen LogP) is 2.23. The molecule has 2 rings (SSSR count). The highest BCUT2D eigenvalue weighted by Gasteiger charge is 2.37. The average Bonchev–Trinajstić information content (AvgIpc) is 2.60. The van der Waals surface area contributed by atoms with Crippen molar-refractivity contribution in [1.82, 2.24) is 4.90 Å². The van der Waals surface area contributed by atoms with Gasteiger partial charge in [-0.3, -0.25) is 0 Å². The molecule has 3 heteroatoms. The van der Waals surface area contributed by atoms with E-state index in [0.29, 0.717) is 17.4 Å². The number of hydrogen-bond donors (Lipinski definition) is 2. The molecule has 0 bridgehead atoms. The molecule has 0 spiro atoms. The third-order valence-corrected chi connectivity index (χ3v) is 5.29. The van der Waals surface area contributed by atoms with E-state index in [1.165, 1.54) is 12.8 Å². The minimum Gasteiger partial charge on any atom is -0.389 e. The molecule has 1 saturated heterocycles. The molecule has 1 aliphatic heterocycles. The smallest absolute Gasteiger partial charge is 0.0758 e. The van der Waals surface area contributed by atoms with Crippen molar-refractivity contribution in [3.63, 3.8) is 0 Å². The molecule has 2 aliphatic rings. The summed E-state index contributed by atoms with van der Waals surface area (Å²) in [6.07, 6.45) is 4.59. The quantitative estimate of drug-likeness (QED) is 0.807. The fraction of sp³-hybridized carbons (Fsp3) is 1.00. The van der Waals surface area contributed by atoms with Gasteiger partial charge < -0.3 is 15.7 Å². The highest BCUT2D eigenvalue weighted by molar-refractivity contribution is 4.92. The van der Waals surface area contributed by atoms with Gasteiger partial charge in [0, 0.05) is 25.7 Å². The molecule has 1 aliphatic carbocycles. The Morgan fingerprint density at radius 2 is 2.00 bits per heavy atom. The molecular formula is C16H32N2O. The van der Waals surface area contributed by atoms with Crippen LogP contribution >= 0.6 is 0 Å². The van der Waals surface area contributed by atoms with E-state index >= 15 is 0 Å². The lowest BCUT2D eigenvalue weighted by atomic mass is 9.67. The summed E-state index contributed by atoms with van der Waals surface area (Å²) in [5.74, 6) is 1.40.